The van der Waals surface area contributed by atoms with Crippen molar-refractivity contribution in [3.63, 3.8) is 0 Å². The summed E-state index contributed by atoms with van der Waals surface area (Å²) in [6.07, 6.45) is 9.21. The summed E-state index contributed by atoms with van der Waals surface area (Å²) in [7, 11) is 0. The van der Waals surface area contributed by atoms with Crippen LogP contribution < -0.4 is 0 Å². The maximum Gasteiger partial charge on any atom is 0.0945 e. The fourth-order valence-electron chi connectivity index (χ4n) is 2.11. The van der Waals surface area contributed by atoms with Crippen molar-refractivity contribution in [2.75, 3.05) is 5.75 Å². The molecule has 1 heterocycles. The number of benzene rings is 1. The second kappa shape index (κ2) is 8.72. The van der Waals surface area contributed by atoms with Crippen molar-refractivity contribution >= 4 is 35.0 Å². The predicted octanol–water partition coefficient (Wildman–Crippen LogP) is 5.85. The van der Waals surface area contributed by atoms with E-state index in [1.165, 1.54) is 24.2 Å². The molecule has 0 bridgehead atoms. The third-order valence-electron chi connectivity index (χ3n) is 3.34. The first-order valence-corrected chi connectivity index (χ1v) is 9.03. The van der Waals surface area contributed by atoms with Gasteiger partial charge in [0.1, 0.15) is 0 Å². The third kappa shape index (κ3) is 5.24. The molecule has 0 saturated heterocycles. The molecule has 0 spiro atoms. The molecule has 0 N–H and O–H groups in total. The molecule has 0 radical (unpaired) electrons. The van der Waals surface area contributed by atoms with Crippen LogP contribution in [0.15, 0.2) is 36.9 Å². The summed E-state index contributed by atoms with van der Waals surface area (Å²) in [6, 6.07) is 5.98. The predicted molar refractivity (Wildman–Crippen MR) is 93.4 cm³/mol. The van der Waals surface area contributed by atoms with Crippen LogP contribution in [0.5, 0.6) is 0 Å². The lowest BCUT2D eigenvalue weighted by Gasteiger charge is -2.18. The van der Waals surface area contributed by atoms with Gasteiger partial charge in [-0.1, -0.05) is 42.6 Å². The van der Waals surface area contributed by atoms with Gasteiger partial charge in [-0.25, -0.2) is 4.98 Å². The number of hydrogen-bond acceptors (Lipinski definition) is 2. The minimum Gasteiger partial charge on any atom is -0.337 e. The molecule has 0 amide bonds. The Morgan fingerprint density at radius 3 is 2.81 bits per heavy atom. The highest BCUT2D eigenvalue weighted by molar-refractivity contribution is 7.99. The van der Waals surface area contributed by atoms with E-state index in [2.05, 4.69) is 22.5 Å². The number of unbranched alkanes of at least 4 members (excludes halogenated alkanes) is 1. The van der Waals surface area contributed by atoms with Crippen LogP contribution in [-0.4, -0.2) is 15.3 Å². The van der Waals surface area contributed by atoms with Crippen molar-refractivity contribution < 1.29 is 0 Å². The molecule has 0 aliphatic heterocycles. The highest BCUT2D eigenvalue weighted by atomic mass is 35.5. The Morgan fingerprint density at radius 1 is 1.29 bits per heavy atom. The summed E-state index contributed by atoms with van der Waals surface area (Å²) < 4.78 is 2.12. The van der Waals surface area contributed by atoms with Crippen LogP contribution in [0.3, 0.4) is 0 Å². The number of thioether (sulfide) groups is 1. The van der Waals surface area contributed by atoms with Crippen molar-refractivity contribution in [1.29, 1.82) is 0 Å². The van der Waals surface area contributed by atoms with Crippen molar-refractivity contribution in [2.45, 2.75) is 38.0 Å². The van der Waals surface area contributed by atoms with Crippen LogP contribution in [0, 0.1) is 0 Å². The lowest BCUT2D eigenvalue weighted by molar-refractivity contribution is 0.634. The second-order valence-electron chi connectivity index (χ2n) is 4.98. The molecule has 1 atom stereocenters. The van der Waals surface area contributed by atoms with E-state index in [9.17, 15) is 0 Å². The Bertz CT molecular complexity index is 543. The van der Waals surface area contributed by atoms with E-state index in [0.29, 0.717) is 15.3 Å². The normalized spacial score (nSPS) is 12.5. The molecule has 0 aliphatic rings. The Hall–Kier alpha value is -0.640. The van der Waals surface area contributed by atoms with E-state index >= 15 is 0 Å². The topological polar surface area (TPSA) is 17.8 Å². The smallest absolute Gasteiger partial charge is 0.0945 e. The van der Waals surface area contributed by atoms with Gasteiger partial charge >= 0.3 is 0 Å². The van der Waals surface area contributed by atoms with Crippen LogP contribution in [-0.2, 0) is 6.54 Å². The van der Waals surface area contributed by atoms with E-state index in [1.807, 2.05) is 42.6 Å². The zero-order valence-corrected chi connectivity index (χ0v) is 14.5. The van der Waals surface area contributed by atoms with Gasteiger partial charge in [0.25, 0.3) is 0 Å². The van der Waals surface area contributed by atoms with Crippen molar-refractivity contribution in [3.05, 3.63) is 52.5 Å². The first-order valence-electron chi connectivity index (χ1n) is 7.23. The summed E-state index contributed by atoms with van der Waals surface area (Å²) in [4.78, 5) is 4.09. The van der Waals surface area contributed by atoms with E-state index in [1.54, 1.807) is 0 Å². The van der Waals surface area contributed by atoms with E-state index in [4.69, 9.17) is 23.2 Å². The monoisotopic (exact) mass is 342 g/mol. The van der Waals surface area contributed by atoms with Crippen LogP contribution in [0.25, 0.3) is 0 Å². The molecule has 21 heavy (non-hydrogen) atoms. The zero-order valence-electron chi connectivity index (χ0n) is 12.1. The zero-order chi connectivity index (χ0) is 15.1. The van der Waals surface area contributed by atoms with Gasteiger partial charge in [-0.3, -0.25) is 0 Å². The van der Waals surface area contributed by atoms with Gasteiger partial charge in [0, 0.05) is 24.2 Å². The average Bonchev–Trinajstić information content (AvgIpc) is 2.99. The first-order chi connectivity index (χ1) is 10.2. The Labute approximate surface area is 140 Å². The summed E-state index contributed by atoms with van der Waals surface area (Å²) in [5.41, 5.74) is 1.26. The molecular weight excluding hydrogens is 323 g/mol. The van der Waals surface area contributed by atoms with E-state index < -0.39 is 0 Å². The van der Waals surface area contributed by atoms with E-state index in [0.717, 1.165) is 13.0 Å². The molecule has 2 nitrogen and oxygen atoms in total. The van der Waals surface area contributed by atoms with Crippen LogP contribution in [0.2, 0.25) is 10.0 Å². The molecule has 0 aliphatic carbocycles. The van der Waals surface area contributed by atoms with Crippen molar-refractivity contribution in [3.8, 4) is 0 Å². The molecule has 2 aromatic rings. The minimum atomic E-state index is 0.439. The molecule has 1 aromatic carbocycles. The van der Waals surface area contributed by atoms with Gasteiger partial charge in [0.15, 0.2) is 0 Å². The standard InChI is InChI=1S/C16H20Cl2N2S/c1-2-3-10-21-16(6-8-20-9-7-19-12-20)13-4-5-14(17)15(18)11-13/h4-5,7,9,11-12,16H,2-3,6,8,10H2,1H3. The summed E-state index contributed by atoms with van der Waals surface area (Å²) in [6.45, 7) is 3.18. The molecule has 1 unspecified atom stereocenters. The number of aryl methyl sites for hydroxylation is 1. The lowest BCUT2D eigenvalue weighted by atomic mass is 10.1. The summed E-state index contributed by atoms with van der Waals surface area (Å²) >= 11 is 14.2. The van der Waals surface area contributed by atoms with Gasteiger partial charge in [-0.2, -0.15) is 11.8 Å². The van der Waals surface area contributed by atoms with Crippen LogP contribution in [0.1, 0.15) is 37.0 Å². The largest absolute Gasteiger partial charge is 0.337 e. The molecule has 114 valence electrons. The third-order valence-corrected chi connectivity index (χ3v) is 5.51. The van der Waals surface area contributed by atoms with Gasteiger partial charge < -0.3 is 4.57 Å². The highest BCUT2D eigenvalue weighted by Gasteiger charge is 2.13. The van der Waals surface area contributed by atoms with Gasteiger partial charge in [-0.05, 0) is 36.3 Å². The van der Waals surface area contributed by atoms with Crippen molar-refractivity contribution in [2.24, 2.45) is 0 Å². The molecule has 0 saturated carbocycles. The maximum absolute atomic E-state index is 6.16. The second-order valence-corrected chi connectivity index (χ2v) is 7.10. The quantitative estimate of drug-likeness (QED) is 0.559. The Kier molecular flexibility index (Phi) is 6.94. The van der Waals surface area contributed by atoms with Gasteiger partial charge in [-0.15, -0.1) is 0 Å². The van der Waals surface area contributed by atoms with E-state index in [-0.39, 0.29) is 0 Å². The fourth-order valence-corrected chi connectivity index (χ4v) is 3.77. The Balaban J connectivity index is 2.04. The number of halogens is 2. The molecule has 0 fully saturated rings. The van der Waals surface area contributed by atoms with Crippen LogP contribution in [0.4, 0.5) is 0 Å². The number of hydrogen-bond donors (Lipinski definition) is 0. The fraction of sp³-hybridized carbons (Fsp3) is 0.438. The maximum atomic E-state index is 6.16. The molecule has 5 heteroatoms. The number of nitrogens with zero attached hydrogens (tertiary/aromatic N) is 2. The number of aromatic nitrogens is 2. The molecule has 2 rings (SSSR count). The van der Waals surface area contributed by atoms with Crippen molar-refractivity contribution in [1.82, 2.24) is 9.55 Å². The lowest BCUT2D eigenvalue weighted by Crippen LogP contribution is -2.02. The first kappa shape index (κ1) is 16.7. The number of imidazole rings is 1. The highest BCUT2D eigenvalue weighted by Crippen LogP contribution is 2.36. The molecule has 1 aromatic heterocycles. The molecular formula is C16H20Cl2N2S. The summed E-state index contributed by atoms with van der Waals surface area (Å²) in [5.74, 6) is 1.17. The van der Waals surface area contributed by atoms with Gasteiger partial charge in [0.2, 0.25) is 0 Å². The van der Waals surface area contributed by atoms with Crippen LogP contribution >= 0.6 is 35.0 Å². The minimum absolute atomic E-state index is 0.439. The Morgan fingerprint density at radius 2 is 2.14 bits per heavy atom. The SMILES string of the molecule is CCCCSC(CCn1ccnc1)c1ccc(Cl)c(Cl)c1. The number of rotatable bonds is 8. The average molecular weight is 343 g/mol. The van der Waals surface area contributed by atoms with Gasteiger partial charge in [0.05, 0.1) is 16.4 Å². The summed E-state index contributed by atoms with van der Waals surface area (Å²) in [5, 5.41) is 1.69.